The van der Waals surface area contributed by atoms with Crippen LogP contribution in [0.2, 0.25) is 0 Å². The van der Waals surface area contributed by atoms with Gasteiger partial charge in [-0.1, -0.05) is 6.08 Å². The predicted octanol–water partition coefficient (Wildman–Crippen LogP) is -0.481. The lowest BCUT2D eigenvalue weighted by molar-refractivity contribution is 0.279. The van der Waals surface area contributed by atoms with Crippen LogP contribution in [0.15, 0.2) is 21.9 Å². The zero-order valence-electron chi connectivity index (χ0n) is 7.15. The first kappa shape index (κ1) is 9.47. The number of nitrogens with zero attached hydrogens (tertiary/aromatic N) is 1. The molecule has 5 nitrogen and oxygen atoms in total. The molecule has 0 aliphatic carbocycles. The average molecular weight is 182 g/mol. The van der Waals surface area contributed by atoms with Gasteiger partial charge in [0.2, 0.25) is 0 Å². The van der Waals surface area contributed by atoms with Gasteiger partial charge >= 0.3 is 5.69 Å². The van der Waals surface area contributed by atoms with Crippen molar-refractivity contribution in [1.29, 1.82) is 0 Å². The Morgan fingerprint density at radius 2 is 2.31 bits per heavy atom. The van der Waals surface area contributed by atoms with Gasteiger partial charge in [0.05, 0.1) is 12.2 Å². The quantitative estimate of drug-likeness (QED) is 0.648. The Kier molecular flexibility index (Phi) is 2.81. The molecule has 1 rings (SSSR count). The number of aliphatic hydroxyl groups excluding tert-OH is 1. The van der Waals surface area contributed by atoms with Crippen LogP contribution in [0.4, 0.5) is 0 Å². The first-order valence-corrected chi connectivity index (χ1v) is 3.77. The second kappa shape index (κ2) is 3.86. The molecule has 0 fully saturated rings. The molecule has 13 heavy (non-hydrogen) atoms. The van der Waals surface area contributed by atoms with Crippen molar-refractivity contribution in [3.05, 3.63) is 38.7 Å². The van der Waals surface area contributed by atoms with Crippen molar-refractivity contribution in [2.45, 2.75) is 13.5 Å². The Labute approximate surface area is 74.0 Å². The number of rotatable bonds is 2. The first-order valence-electron chi connectivity index (χ1n) is 3.77. The van der Waals surface area contributed by atoms with E-state index in [9.17, 15) is 9.59 Å². The van der Waals surface area contributed by atoms with Crippen LogP contribution in [0.3, 0.4) is 0 Å². The third-order valence-corrected chi connectivity index (χ3v) is 1.52. The SMILES string of the molecule is C/C=C/n1cc(CO)c(=O)[nH]c1=O. The summed E-state index contributed by atoms with van der Waals surface area (Å²) in [6.45, 7) is 1.36. The summed E-state index contributed by atoms with van der Waals surface area (Å²) in [6.07, 6.45) is 4.46. The fourth-order valence-electron chi connectivity index (χ4n) is 0.911. The van der Waals surface area contributed by atoms with E-state index < -0.39 is 11.2 Å². The normalized spacial score (nSPS) is 10.9. The third-order valence-electron chi connectivity index (χ3n) is 1.52. The van der Waals surface area contributed by atoms with Crippen molar-refractivity contribution >= 4 is 6.20 Å². The molecule has 0 atom stereocenters. The van der Waals surface area contributed by atoms with E-state index in [0.717, 1.165) is 0 Å². The molecule has 1 aromatic rings. The Balaban J connectivity index is 3.39. The largest absolute Gasteiger partial charge is 0.391 e. The lowest BCUT2D eigenvalue weighted by Crippen LogP contribution is -2.29. The van der Waals surface area contributed by atoms with E-state index >= 15 is 0 Å². The molecular weight excluding hydrogens is 172 g/mol. The summed E-state index contributed by atoms with van der Waals surface area (Å²) in [5.41, 5.74) is -0.897. The van der Waals surface area contributed by atoms with Gasteiger partial charge in [-0.25, -0.2) is 4.79 Å². The molecule has 1 heterocycles. The van der Waals surface area contributed by atoms with Gasteiger partial charge in [-0.05, 0) is 6.92 Å². The fourth-order valence-corrected chi connectivity index (χ4v) is 0.911. The van der Waals surface area contributed by atoms with E-state index in [0.29, 0.717) is 0 Å². The fraction of sp³-hybridized carbons (Fsp3) is 0.250. The zero-order chi connectivity index (χ0) is 9.84. The van der Waals surface area contributed by atoms with E-state index in [4.69, 9.17) is 5.11 Å². The van der Waals surface area contributed by atoms with Crippen LogP contribution in [0, 0.1) is 0 Å². The molecule has 0 aromatic carbocycles. The molecule has 0 saturated carbocycles. The summed E-state index contributed by atoms with van der Waals surface area (Å²) >= 11 is 0. The van der Waals surface area contributed by atoms with E-state index in [1.807, 2.05) is 0 Å². The smallest absolute Gasteiger partial charge is 0.332 e. The van der Waals surface area contributed by atoms with Gasteiger partial charge in [0.1, 0.15) is 0 Å². The molecule has 0 spiro atoms. The molecular formula is C8H10N2O3. The molecule has 0 saturated heterocycles. The average Bonchev–Trinajstić information content (AvgIpc) is 2.10. The summed E-state index contributed by atoms with van der Waals surface area (Å²) in [7, 11) is 0. The van der Waals surface area contributed by atoms with Gasteiger partial charge in [0, 0.05) is 12.4 Å². The number of aliphatic hydroxyl groups is 1. The number of hydrogen-bond donors (Lipinski definition) is 2. The van der Waals surface area contributed by atoms with Crippen molar-refractivity contribution in [3.63, 3.8) is 0 Å². The van der Waals surface area contributed by atoms with Crippen molar-refractivity contribution in [2.24, 2.45) is 0 Å². The van der Waals surface area contributed by atoms with Gasteiger partial charge in [-0.15, -0.1) is 0 Å². The first-order chi connectivity index (χ1) is 6.19. The second-order valence-corrected chi connectivity index (χ2v) is 2.46. The second-order valence-electron chi connectivity index (χ2n) is 2.46. The van der Waals surface area contributed by atoms with Gasteiger partial charge in [-0.3, -0.25) is 14.3 Å². The zero-order valence-corrected chi connectivity index (χ0v) is 7.15. The van der Waals surface area contributed by atoms with E-state index in [1.165, 1.54) is 17.0 Å². The van der Waals surface area contributed by atoms with Crippen molar-refractivity contribution < 1.29 is 5.11 Å². The van der Waals surface area contributed by atoms with E-state index in [2.05, 4.69) is 4.98 Å². The van der Waals surface area contributed by atoms with Crippen molar-refractivity contribution in [3.8, 4) is 0 Å². The molecule has 70 valence electrons. The minimum Gasteiger partial charge on any atom is -0.391 e. The molecule has 0 amide bonds. The molecule has 0 bridgehead atoms. The number of H-pyrrole nitrogens is 1. The molecule has 0 aliphatic heterocycles. The van der Waals surface area contributed by atoms with Crippen LogP contribution in [0.1, 0.15) is 12.5 Å². The maximum atomic E-state index is 11.1. The molecule has 0 aliphatic rings. The summed E-state index contributed by atoms with van der Waals surface area (Å²) in [5.74, 6) is 0. The van der Waals surface area contributed by atoms with Crippen LogP contribution in [-0.2, 0) is 6.61 Å². The topological polar surface area (TPSA) is 75.1 Å². The third kappa shape index (κ3) is 1.94. The van der Waals surface area contributed by atoms with Crippen LogP contribution in [0.5, 0.6) is 0 Å². The van der Waals surface area contributed by atoms with Crippen LogP contribution in [-0.4, -0.2) is 14.7 Å². The highest BCUT2D eigenvalue weighted by Gasteiger charge is 2.00. The molecule has 0 unspecified atom stereocenters. The van der Waals surface area contributed by atoms with Gasteiger partial charge in [0.15, 0.2) is 0 Å². The van der Waals surface area contributed by atoms with E-state index in [-0.39, 0.29) is 12.2 Å². The highest BCUT2D eigenvalue weighted by atomic mass is 16.3. The molecule has 0 radical (unpaired) electrons. The minimum atomic E-state index is -0.548. The maximum Gasteiger partial charge on any atom is 0.332 e. The highest BCUT2D eigenvalue weighted by molar-refractivity contribution is 5.21. The van der Waals surface area contributed by atoms with E-state index in [1.54, 1.807) is 13.0 Å². The predicted molar refractivity (Wildman–Crippen MR) is 48.2 cm³/mol. The maximum absolute atomic E-state index is 11.1. The monoisotopic (exact) mass is 182 g/mol. The lowest BCUT2D eigenvalue weighted by atomic mass is 10.3. The summed E-state index contributed by atoms with van der Waals surface area (Å²) < 4.78 is 1.20. The Hall–Kier alpha value is -1.62. The highest BCUT2D eigenvalue weighted by Crippen LogP contribution is 1.87. The number of aromatic amines is 1. The van der Waals surface area contributed by atoms with Crippen LogP contribution < -0.4 is 11.2 Å². The lowest BCUT2D eigenvalue weighted by Gasteiger charge is -1.99. The standard InChI is InChI=1S/C8H10N2O3/c1-2-3-10-4-6(5-11)7(12)9-8(10)13/h2-4,11H,5H2,1H3,(H,9,12,13)/b3-2+. The van der Waals surface area contributed by atoms with Crippen molar-refractivity contribution in [2.75, 3.05) is 0 Å². The Morgan fingerprint density at radius 3 is 2.85 bits per heavy atom. The van der Waals surface area contributed by atoms with Gasteiger partial charge in [0.25, 0.3) is 5.56 Å². The summed E-state index contributed by atoms with van der Waals surface area (Å²) in [5, 5.41) is 8.74. The number of allylic oxidation sites excluding steroid dienone is 1. The summed E-state index contributed by atoms with van der Waals surface area (Å²) in [6, 6.07) is 0. The Morgan fingerprint density at radius 1 is 1.62 bits per heavy atom. The minimum absolute atomic E-state index is 0.165. The molecule has 1 aromatic heterocycles. The number of hydrogen-bond acceptors (Lipinski definition) is 3. The summed E-state index contributed by atoms with van der Waals surface area (Å²) in [4.78, 5) is 24.1. The number of aromatic nitrogens is 2. The van der Waals surface area contributed by atoms with Gasteiger partial charge < -0.3 is 5.11 Å². The van der Waals surface area contributed by atoms with Crippen LogP contribution in [0.25, 0.3) is 6.20 Å². The molecule has 5 heteroatoms. The van der Waals surface area contributed by atoms with Gasteiger partial charge in [-0.2, -0.15) is 0 Å². The number of nitrogens with one attached hydrogen (secondary N) is 1. The van der Waals surface area contributed by atoms with Crippen molar-refractivity contribution in [1.82, 2.24) is 9.55 Å². The molecule has 2 N–H and O–H groups in total. The van der Waals surface area contributed by atoms with Crippen LogP contribution >= 0.6 is 0 Å². The Bertz CT molecular complexity index is 428.